The molecule has 0 bridgehead atoms. The molecule has 310 valence electrons. The summed E-state index contributed by atoms with van der Waals surface area (Å²) in [5, 5.41) is 1.75. The van der Waals surface area contributed by atoms with Gasteiger partial charge in [-0.05, 0) is 56.4 Å². The maximum atomic E-state index is 13.6. The molecular weight excluding hydrogens is 777 g/mol. The fraction of sp³-hybridized carbons (Fsp3) is 0.271. The zero-order chi connectivity index (χ0) is 42.3. The summed E-state index contributed by atoms with van der Waals surface area (Å²) in [6.07, 6.45) is -2.10. The van der Waals surface area contributed by atoms with E-state index in [1.807, 2.05) is 115 Å². The number of nitrogens with one attached hydrogen (secondary N) is 1. The number of rotatable bonds is 16. The van der Waals surface area contributed by atoms with Crippen LogP contribution in [0.2, 0.25) is 5.04 Å². The number of aromatic amines is 1. The Morgan fingerprint density at radius 2 is 1.18 bits per heavy atom. The van der Waals surface area contributed by atoms with Crippen LogP contribution in [0.5, 0.6) is 11.5 Å². The Morgan fingerprint density at radius 1 is 0.683 bits per heavy atom. The van der Waals surface area contributed by atoms with Gasteiger partial charge in [-0.15, -0.1) is 0 Å². The Morgan fingerprint density at radius 3 is 1.65 bits per heavy atom. The number of benzene rings is 5. The van der Waals surface area contributed by atoms with E-state index in [0.717, 1.165) is 27.1 Å². The summed E-state index contributed by atoms with van der Waals surface area (Å²) in [6.45, 7) is 6.25. The predicted molar refractivity (Wildman–Crippen MR) is 232 cm³/mol. The van der Waals surface area contributed by atoms with E-state index in [-0.39, 0.29) is 18.3 Å². The van der Waals surface area contributed by atoms with Crippen molar-refractivity contribution < 1.29 is 32.9 Å². The summed E-state index contributed by atoms with van der Waals surface area (Å²) in [7, 11) is 0.0600. The van der Waals surface area contributed by atoms with Crippen molar-refractivity contribution in [2.75, 3.05) is 27.4 Å². The van der Waals surface area contributed by atoms with Crippen molar-refractivity contribution in [3.05, 3.63) is 189 Å². The molecule has 12 heteroatoms. The molecule has 1 saturated heterocycles. The molecule has 2 heterocycles. The van der Waals surface area contributed by atoms with E-state index < -0.39 is 49.7 Å². The van der Waals surface area contributed by atoms with E-state index in [4.69, 9.17) is 28.1 Å². The van der Waals surface area contributed by atoms with E-state index in [0.29, 0.717) is 17.8 Å². The highest BCUT2D eigenvalue weighted by Crippen LogP contribution is 2.47. The highest BCUT2D eigenvalue weighted by atomic mass is 28.4. The molecule has 0 saturated carbocycles. The van der Waals surface area contributed by atoms with Crippen LogP contribution in [-0.4, -0.2) is 69.9 Å². The smallest absolute Gasteiger partial charge is 0.330 e. The van der Waals surface area contributed by atoms with Gasteiger partial charge < -0.3 is 32.9 Å². The molecule has 5 aromatic carbocycles. The molecule has 11 nitrogen and oxygen atoms in total. The number of carbonyl (C=O) groups is 1. The lowest BCUT2D eigenvalue weighted by Gasteiger charge is -2.44. The molecule has 1 N–H and O–H groups in total. The number of carbonyl (C=O) groups excluding carboxylic acids is 1. The van der Waals surface area contributed by atoms with Gasteiger partial charge in [0.05, 0.1) is 20.8 Å². The fourth-order valence-electron chi connectivity index (χ4n) is 8.37. The number of methoxy groups -OCH3 is 2. The van der Waals surface area contributed by atoms with Crippen molar-refractivity contribution in [1.29, 1.82) is 0 Å². The third kappa shape index (κ3) is 8.16. The van der Waals surface area contributed by atoms with Gasteiger partial charge in [-0.2, -0.15) is 0 Å². The highest BCUT2D eigenvalue weighted by molar-refractivity contribution is 6.99. The van der Waals surface area contributed by atoms with Gasteiger partial charge in [-0.1, -0.05) is 136 Å². The molecule has 1 aromatic heterocycles. The van der Waals surface area contributed by atoms with Gasteiger partial charge in [0, 0.05) is 12.3 Å². The number of H-pyrrole nitrogens is 1. The summed E-state index contributed by atoms with van der Waals surface area (Å²) in [4.78, 5) is 40.3. The minimum absolute atomic E-state index is 0.00357. The second kappa shape index (κ2) is 18.2. The molecule has 7 rings (SSSR count). The van der Waals surface area contributed by atoms with Gasteiger partial charge in [0.2, 0.25) is 0 Å². The third-order valence-corrected chi connectivity index (χ3v) is 16.1. The molecule has 4 atom stereocenters. The van der Waals surface area contributed by atoms with Gasteiger partial charge >= 0.3 is 5.69 Å². The van der Waals surface area contributed by atoms with E-state index in [1.165, 1.54) is 16.8 Å². The Hall–Kier alpha value is -5.89. The molecule has 60 heavy (non-hydrogen) atoms. The fourth-order valence-corrected chi connectivity index (χ4v) is 12.9. The lowest BCUT2D eigenvalue weighted by atomic mass is 9.79. The SMILES string of the molecule is COc1ccc(C(O[C@H]2[C@@H](OCC=O)[C@H](n3ccc(=O)[nH]c3=O)O[C@@H]2CO[Si](c2ccccc2)(c2ccccc2)C(C)(C)C)(c2ccccc2)c2ccc(OC)cc2)cc1. The molecule has 0 amide bonds. The number of aldehydes is 1. The van der Waals surface area contributed by atoms with Crippen LogP contribution < -0.4 is 31.1 Å². The Bertz CT molecular complexity index is 2350. The normalized spacial score (nSPS) is 18.2. The van der Waals surface area contributed by atoms with Crippen molar-refractivity contribution in [3.63, 3.8) is 0 Å². The first-order valence-electron chi connectivity index (χ1n) is 19.9. The van der Waals surface area contributed by atoms with Crippen LogP contribution in [0.4, 0.5) is 0 Å². The summed E-state index contributed by atoms with van der Waals surface area (Å²) in [6, 6.07) is 46.8. The molecule has 0 unspecified atom stereocenters. The second-order valence-corrected chi connectivity index (χ2v) is 19.9. The summed E-state index contributed by atoms with van der Waals surface area (Å²) >= 11 is 0. The maximum absolute atomic E-state index is 13.6. The molecular formula is C48H50N2O9Si. The number of ether oxygens (including phenoxy) is 5. The number of aromatic nitrogens is 2. The summed E-state index contributed by atoms with van der Waals surface area (Å²) < 4.78 is 40.9. The van der Waals surface area contributed by atoms with Crippen LogP contribution >= 0.6 is 0 Å². The molecule has 1 aliphatic rings. The second-order valence-electron chi connectivity index (χ2n) is 15.6. The van der Waals surface area contributed by atoms with Crippen molar-refractivity contribution >= 4 is 25.0 Å². The average Bonchev–Trinajstić information content (AvgIpc) is 3.61. The zero-order valence-electron chi connectivity index (χ0n) is 34.4. The van der Waals surface area contributed by atoms with E-state index in [2.05, 4.69) is 50.0 Å². The monoisotopic (exact) mass is 826 g/mol. The standard InChI is InChI=1S/C48H50N2O9Si/c1-47(2,3)60(39-17-11-7-12-18-39,40-19-13-8-14-20-40)57-33-41-43(44(56-32-31-51)45(58-41)50-30-29-42(52)49-46(50)53)59-48(34-15-9-6-10-16-34,35-21-25-37(54-4)26-22-35)36-23-27-38(55-5)28-24-36/h6-31,41,43-45H,32-33H2,1-5H3,(H,49,52,53)/t41-,43-,44-,45-/m1/s1. The van der Waals surface area contributed by atoms with Gasteiger partial charge in [0.25, 0.3) is 13.9 Å². The minimum atomic E-state index is -3.16. The topological polar surface area (TPSA) is 127 Å². The first-order valence-corrected chi connectivity index (χ1v) is 21.8. The van der Waals surface area contributed by atoms with Crippen LogP contribution in [0.25, 0.3) is 0 Å². The number of hydrogen-bond acceptors (Lipinski definition) is 9. The van der Waals surface area contributed by atoms with Crippen LogP contribution in [0.3, 0.4) is 0 Å². The molecule has 1 fully saturated rings. The van der Waals surface area contributed by atoms with Gasteiger partial charge in [-0.25, -0.2) is 4.79 Å². The van der Waals surface area contributed by atoms with Crippen LogP contribution in [-0.2, 0) is 29.0 Å². The van der Waals surface area contributed by atoms with Crippen molar-refractivity contribution in [2.45, 2.75) is 56.0 Å². The molecule has 0 spiro atoms. The number of hydrogen-bond donors (Lipinski definition) is 1. The highest BCUT2D eigenvalue weighted by Gasteiger charge is 2.55. The van der Waals surface area contributed by atoms with Crippen LogP contribution in [0, 0.1) is 0 Å². The van der Waals surface area contributed by atoms with E-state index >= 15 is 0 Å². The molecule has 1 aliphatic heterocycles. The van der Waals surface area contributed by atoms with Gasteiger partial charge in [0.15, 0.2) is 6.23 Å². The molecule has 0 radical (unpaired) electrons. The van der Waals surface area contributed by atoms with Crippen LogP contribution in [0.15, 0.2) is 161 Å². The molecule has 6 aromatic rings. The largest absolute Gasteiger partial charge is 0.497 e. The first kappa shape index (κ1) is 42.2. The summed E-state index contributed by atoms with van der Waals surface area (Å²) in [5.74, 6) is 1.31. The average molecular weight is 827 g/mol. The van der Waals surface area contributed by atoms with Crippen molar-refractivity contribution in [1.82, 2.24) is 9.55 Å². The maximum Gasteiger partial charge on any atom is 0.330 e. The van der Waals surface area contributed by atoms with Crippen LogP contribution in [0.1, 0.15) is 43.7 Å². The van der Waals surface area contributed by atoms with Crippen molar-refractivity contribution in [2.24, 2.45) is 0 Å². The lowest BCUT2D eigenvalue weighted by molar-refractivity contribution is -0.133. The van der Waals surface area contributed by atoms with Crippen molar-refractivity contribution in [3.8, 4) is 11.5 Å². The van der Waals surface area contributed by atoms with Gasteiger partial charge in [0.1, 0.15) is 48.3 Å². The van der Waals surface area contributed by atoms with Gasteiger partial charge in [-0.3, -0.25) is 14.3 Å². The Balaban J connectivity index is 1.46. The first-order chi connectivity index (χ1) is 29.0. The molecule has 0 aliphatic carbocycles. The summed E-state index contributed by atoms with van der Waals surface area (Å²) in [5.41, 5.74) is -0.335. The Kier molecular flexibility index (Phi) is 12.8. The zero-order valence-corrected chi connectivity index (χ0v) is 35.4. The Labute approximate surface area is 350 Å². The predicted octanol–water partition coefficient (Wildman–Crippen LogP) is 5.99. The quantitative estimate of drug-likeness (QED) is 0.0712. The lowest BCUT2D eigenvalue weighted by Crippen LogP contribution is -2.67. The van der Waals surface area contributed by atoms with E-state index in [9.17, 15) is 14.4 Å². The number of nitrogens with zero attached hydrogens (tertiary/aromatic N) is 1. The third-order valence-electron chi connectivity index (χ3n) is 11.1. The van der Waals surface area contributed by atoms with E-state index in [1.54, 1.807) is 14.2 Å². The minimum Gasteiger partial charge on any atom is -0.497 e.